The van der Waals surface area contributed by atoms with Crippen LogP contribution in [0.25, 0.3) is 0 Å². The molecule has 0 bridgehead atoms. The van der Waals surface area contributed by atoms with Gasteiger partial charge >= 0.3 is 23.9 Å². The summed E-state index contributed by atoms with van der Waals surface area (Å²) in [6, 6.07) is 0. The molecule has 0 aliphatic heterocycles. The lowest BCUT2D eigenvalue weighted by molar-refractivity contribution is -0.174. The van der Waals surface area contributed by atoms with Crippen molar-refractivity contribution < 1.29 is 38.1 Å². The van der Waals surface area contributed by atoms with Crippen LogP contribution in [-0.4, -0.2) is 50.3 Å². The fourth-order valence-corrected chi connectivity index (χ4v) is 6.04. The fraction of sp³-hybridized carbons (Fsp3) is 0.757. The minimum atomic E-state index is -1.35. The molecule has 0 spiro atoms. The van der Waals surface area contributed by atoms with Gasteiger partial charge in [0.2, 0.25) is 0 Å². The minimum absolute atomic E-state index is 0.170. The van der Waals surface area contributed by atoms with Gasteiger partial charge in [-0.05, 0) is 98.5 Å². The van der Waals surface area contributed by atoms with Gasteiger partial charge in [0.25, 0.3) is 0 Å². The van der Waals surface area contributed by atoms with Gasteiger partial charge in [-0.3, -0.25) is 19.2 Å². The van der Waals surface area contributed by atoms with Crippen LogP contribution in [0, 0.1) is 10.8 Å². The third-order valence-corrected chi connectivity index (χ3v) is 9.14. The summed E-state index contributed by atoms with van der Waals surface area (Å²) in [5.41, 5.74) is 0.0229. The van der Waals surface area contributed by atoms with E-state index in [1.54, 1.807) is 33.8 Å². The van der Waals surface area contributed by atoms with Gasteiger partial charge < -0.3 is 18.9 Å². The van der Waals surface area contributed by atoms with Gasteiger partial charge in [0.05, 0.1) is 26.4 Å². The number of carbonyl (C=O) groups excluding carboxylic acids is 4. The molecule has 0 aromatic carbocycles. The second kappa shape index (κ2) is 26.9. The Bertz CT molecular complexity index is 930. The lowest BCUT2D eigenvalue weighted by atomic mass is 9.79. The van der Waals surface area contributed by atoms with Crippen molar-refractivity contribution in [2.24, 2.45) is 10.8 Å². The molecule has 9 heteroatoms. The van der Waals surface area contributed by atoms with Crippen LogP contribution in [0.4, 0.5) is 0 Å². The Morgan fingerprint density at radius 3 is 1.26 bits per heavy atom. The largest absolute Gasteiger partial charge is 0.465 e. The van der Waals surface area contributed by atoms with E-state index in [1.165, 1.54) is 0 Å². The van der Waals surface area contributed by atoms with Crippen LogP contribution in [0.1, 0.15) is 144 Å². The third-order valence-electron chi connectivity index (χ3n) is 8.16. The van der Waals surface area contributed by atoms with Crippen LogP contribution >= 0.6 is 22.6 Å². The molecule has 0 N–H and O–H groups in total. The van der Waals surface area contributed by atoms with Crippen LogP contribution in [0.15, 0.2) is 28.0 Å². The van der Waals surface area contributed by atoms with Gasteiger partial charge in [-0.1, -0.05) is 90.2 Å². The summed E-state index contributed by atoms with van der Waals surface area (Å²) < 4.78 is 22.5. The molecular formula is C37H61IO8. The Hall–Kier alpha value is -2.13. The number of allylic oxidation sites excluding steroid dienone is 3. The van der Waals surface area contributed by atoms with Crippen molar-refractivity contribution >= 4 is 46.5 Å². The summed E-state index contributed by atoms with van der Waals surface area (Å²) in [6.07, 6.45) is 17.7. The molecule has 0 unspecified atom stereocenters. The van der Waals surface area contributed by atoms with Crippen molar-refractivity contribution in [2.45, 2.75) is 144 Å². The van der Waals surface area contributed by atoms with E-state index in [1.807, 2.05) is 6.08 Å². The molecule has 0 radical (unpaired) electrons. The van der Waals surface area contributed by atoms with Crippen molar-refractivity contribution in [3.05, 3.63) is 28.0 Å². The number of carbonyl (C=O) groups is 4. The number of esters is 4. The van der Waals surface area contributed by atoms with Crippen molar-refractivity contribution in [1.82, 2.24) is 0 Å². The molecule has 8 nitrogen and oxygen atoms in total. The smallest absolute Gasteiger partial charge is 0.323 e. The first kappa shape index (κ1) is 43.9. The summed E-state index contributed by atoms with van der Waals surface area (Å²) in [5.74, 6) is -2.05. The molecule has 0 fully saturated rings. The van der Waals surface area contributed by atoms with Gasteiger partial charge in [-0.25, -0.2) is 0 Å². The summed E-state index contributed by atoms with van der Waals surface area (Å²) >= 11 is 2.30. The van der Waals surface area contributed by atoms with Crippen molar-refractivity contribution in [2.75, 3.05) is 26.4 Å². The van der Waals surface area contributed by atoms with Crippen LogP contribution in [-0.2, 0) is 38.1 Å². The first-order valence-corrected chi connectivity index (χ1v) is 18.6. The zero-order chi connectivity index (χ0) is 34.7. The number of halogens is 1. The molecule has 0 heterocycles. The first-order chi connectivity index (χ1) is 22.1. The molecule has 0 rings (SSSR count). The summed E-state index contributed by atoms with van der Waals surface area (Å²) in [5, 5.41) is 0. The molecule has 0 saturated heterocycles. The van der Waals surface area contributed by atoms with E-state index < -0.39 is 34.7 Å². The first-order valence-electron chi connectivity index (χ1n) is 17.5. The van der Waals surface area contributed by atoms with E-state index in [0.717, 1.165) is 87.1 Å². The molecule has 0 aromatic rings. The summed E-state index contributed by atoms with van der Waals surface area (Å²) in [7, 11) is 0. The number of unbranched alkanes of at least 4 members (excludes halogenated alkanes) is 10. The fourth-order valence-electron chi connectivity index (χ4n) is 5.44. The van der Waals surface area contributed by atoms with E-state index in [9.17, 15) is 19.2 Å². The number of hydrogen-bond donors (Lipinski definition) is 0. The van der Waals surface area contributed by atoms with Crippen LogP contribution in [0.3, 0.4) is 0 Å². The maximum absolute atomic E-state index is 13.1. The quantitative estimate of drug-likeness (QED) is 0.0194. The average molecular weight is 761 g/mol. The van der Waals surface area contributed by atoms with E-state index in [0.29, 0.717) is 19.3 Å². The topological polar surface area (TPSA) is 105 Å². The van der Waals surface area contributed by atoms with E-state index in [2.05, 4.69) is 41.8 Å². The van der Waals surface area contributed by atoms with Crippen molar-refractivity contribution in [3.63, 3.8) is 0 Å². The van der Waals surface area contributed by atoms with Crippen molar-refractivity contribution in [3.8, 4) is 0 Å². The van der Waals surface area contributed by atoms with E-state index in [-0.39, 0.29) is 32.8 Å². The van der Waals surface area contributed by atoms with E-state index >= 15 is 0 Å². The summed E-state index contributed by atoms with van der Waals surface area (Å²) in [6.45, 7) is 13.5. The Labute approximate surface area is 292 Å². The second-order valence-corrected chi connectivity index (χ2v) is 13.0. The highest BCUT2D eigenvalue weighted by Crippen LogP contribution is 2.36. The molecule has 0 aliphatic carbocycles. The Morgan fingerprint density at radius 2 is 0.935 bits per heavy atom. The number of hydrogen-bond acceptors (Lipinski definition) is 8. The lowest BCUT2D eigenvalue weighted by Crippen LogP contribution is -2.42. The number of rotatable bonds is 28. The van der Waals surface area contributed by atoms with Crippen molar-refractivity contribution in [1.29, 1.82) is 0 Å². The molecule has 46 heavy (non-hydrogen) atoms. The SMILES string of the molecule is C=C=CCC(CCCCCCCCCCCCC(C/C=C(\I)CCCC)(C(=O)OCC)C(=O)OCC)(C(=O)OCC)C(=O)OCC. The average Bonchev–Trinajstić information content (AvgIpc) is 3.03. The van der Waals surface area contributed by atoms with Crippen LogP contribution in [0.2, 0.25) is 0 Å². The molecule has 0 saturated carbocycles. The molecule has 0 aromatic heterocycles. The molecule has 0 atom stereocenters. The van der Waals surface area contributed by atoms with E-state index in [4.69, 9.17) is 18.9 Å². The number of ether oxygens (including phenoxy) is 4. The maximum atomic E-state index is 13.1. The van der Waals surface area contributed by atoms with Crippen LogP contribution in [0.5, 0.6) is 0 Å². The van der Waals surface area contributed by atoms with Gasteiger partial charge in [-0.2, -0.15) is 0 Å². The normalized spacial score (nSPS) is 11.8. The van der Waals surface area contributed by atoms with Gasteiger partial charge in [0, 0.05) is 0 Å². The van der Waals surface area contributed by atoms with Gasteiger partial charge in [0.15, 0.2) is 10.8 Å². The Balaban J connectivity index is 4.83. The summed E-state index contributed by atoms with van der Waals surface area (Å²) in [4.78, 5) is 51.9. The molecule has 0 aliphatic rings. The minimum Gasteiger partial charge on any atom is -0.465 e. The Kier molecular flexibility index (Phi) is 25.6. The zero-order valence-corrected chi connectivity index (χ0v) is 31.5. The standard InChI is InChI=1S/C37H61IO8/c1-7-13-25-31(38)26-30-37(34(41)45-11-5,35(42)46-12-6)29-24-22-20-18-16-15-17-19-21-23-28-36(27-14-8-2,32(39)43-9-3)33(40)44-10-4/h14,26H,2,7,9-13,15-25,27-30H2,1,3-6H3/b31-26-. The highest BCUT2D eigenvalue weighted by Gasteiger charge is 2.48. The highest BCUT2D eigenvalue weighted by molar-refractivity contribution is 14.1. The molecule has 0 amide bonds. The van der Waals surface area contributed by atoms with Gasteiger partial charge in [-0.15, -0.1) is 5.73 Å². The molecule has 264 valence electrons. The Morgan fingerprint density at radius 1 is 0.587 bits per heavy atom. The lowest BCUT2D eigenvalue weighted by Gasteiger charge is -2.28. The monoisotopic (exact) mass is 760 g/mol. The van der Waals surface area contributed by atoms with Crippen LogP contribution < -0.4 is 0 Å². The van der Waals surface area contributed by atoms with Gasteiger partial charge in [0.1, 0.15) is 0 Å². The maximum Gasteiger partial charge on any atom is 0.323 e. The predicted octanol–water partition coefficient (Wildman–Crippen LogP) is 9.52. The third kappa shape index (κ3) is 16.1. The second-order valence-electron chi connectivity index (χ2n) is 11.7. The highest BCUT2D eigenvalue weighted by atomic mass is 127. The molecular weight excluding hydrogens is 699 g/mol. The zero-order valence-electron chi connectivity index (χ0n) is 29.4. The predicted molar refractivity (Wildman–Crippen MR) is 191 cm³/mol.